The van der Waals surface area contributed by atoms with Crippen molar-refractivity contribution >= 4 is 0 Å². The molecule has 0 N–H and O–H groups in total. The molecule has 2 heteroatoms. The van der Waals surface area contributed by atoms with Crippen molar-refractivity contribution in [2.24, 2.45) is 5.92 Å². The van der Waals surface area contributed by atoms with Crippen molar-refractivity contribution in [1.29, 1.82) is 0 Å². The number of hydrogen-bond acceptors (Lipinski definition) is 2. The largest absolute Gasteiger partial charge is 0.381 e. The van der Waals surface area contributed by atoms with Gasteiger partial charge in [-0.25, -0.2) is 0 Å². The molecule has 1 rings (SSSR count). The van der Waals surface area contributed by atoms with Crippen LogP contribution in [0.1, 0.15) is 32.3 Å². The Morgan fingerprint density at radius 2 is 1.95 bits per heavy atom. The summed E-state index contributed by atoms with van der Waals surface area (Å²) in [5.41, 5.74) is 1.21. The fourth-order valence-corrected chi connectivity index (χ4v) is 2.08. The van der Waals surface area contributed by atoms with Gasteiger partial charge >= 0.3 is 0 Å². The molecule has 1 aromatic rings. The predicted octanol–water partition coefficient (Wildman–Crippen LogP) is 4.21. The van der Waals surface area contributed by atoms with E-state index in [1.807, 2.05) is 24.3 Å². The Morgan fingerprint density at radius 1 is 1.26 bits per heavy atom. The maximum atomic E-state index is 5.99. The maximum absolute atomic E-state index is 5.99. The summed E-state index contributed by atoms with van der Waals surface area (Å²) in [6, 6.07) is 10.3. The van der Waals surface area contributed by atoms with Crippen LogP contribution >= 0.6 is 0 Å². The number of rotatable bonds is 9. The molecule has 0 spiro atoms. The van der Waals surface area contributed by atoms with Gasteiger partial charge in [-0.1, -0.05) is 50.3 Å². The highest BCUT2D eigenvalue weighted by molar-refractivity contribution is 5.13. The highest BCUT2D eigenvalue weighted by Gasteiger charge is 2.19. The lowest BCUT2D eigenvalue weighted by atomic mass is 9.98. The highest BCUT2D eigenvalue weighted by atomic mass is 16.5. The minimum atomic E-state index is 0.179. The van der Waals surface area contributed by atoms with Gasteiger partial charge in [0.2, 0.25) is 0 Å². The molecule has 0 radical (unpaired) electrons. The molecule has 0 aromatic heterocycles. The first kappa shape index (κ1) is 15.9. The fraction of sp³-hybridized carbons (Fsp3) is 0.529. The normalized spacial score (nSPS) is 15.7. The van der Waals surface area contributed by atoms with Gasteiger partial charge in [0.15, 0.2) is 0 Å². The first-order chi connectivity index (χ1) is 9.21. The summed E-state index contributed by atoms with van der Waals surface area (Å²) in [5, 5.41) is 0. The van der Waals surface area contributed by atoms with E-state index < -0.39 is 0 Å². The smallest absolute Gasteiger partial charge is 0.0720 e. The van der Waals surface area contributed by atoms with Crippen molar-refractivity contribution in [3.8, 4) is 0 Å². The van der Waals surface area contributed by atoms with Gasteiger partial charge in [-0.05, 0) is 12.0 Å². The van der Waals surface area contributed by atoms with Gasteiger partial charge < -0.3 is 9.47 Å². The summed E-state index contributed by atoms with van der Waals surface area (Å²) in [7, 11) is 1.76. The third-order valence-electron chi connectivity index (χ3n) is 3.54. The molecule has 0 amide bonds. The van der Waals surface area contributed by atoms with Crippen LogP contribution in [0.4, 0.5) is 0 Å². The molecule has 0 bridgehead atoms. The molecular weight excluding hydrogens is 236 g/mol. The average molecular weight is 262 g/mol. The van der Waals surface area contributed by atoms with Gasteiger partial charge in [0, 0.05) is 19.4 Å². The van der Waals surface area contributed by atoms with Crippen LogP contribution in [0.2, 0.25) is 0 Å². The average Bonchev–Trinajstić information content (AvgIpc) is 2.48. The summed E-state index contributed by atoms with van der Waals surface area (Å²) in [4.78, 5) is 0. The van der Waals surface area contributed by atoms with E-state index in [0.29, 0.717) is 12.5 Å². The van der Waals surface area contributed by atoms with Crippen molar-refractivity contribution in [2.75, 3.05) is 7.11 Å². The maximum Gasteiger partial charge on any atom is 0.0720 e. The van der Waals surface area contributed by atoms with E-state index >= 15 is 0 Å². The van der Waals surface area contributed by atoms with E-state index in [1.165, 1.54) is 5.56 Å². The molecule has 2 nitrogen and oxygen atoms in total. The second-order valence-electron chi connectivity index (χ2n) is 4.93. The second-order valence-corrected chi connectivity index (χ2v) is 4.93. The van der Waals surface area contributed by atoms with Gasteiger partial charge in [0.25, 0.3) is 0 Å². The lowest BCUT2D eigenvalue weighted by molar-refractivity contribution is -0.0209. The van der Waals surface area contributed by atoms with Crippen molar-refractivity contribution in [2.45, 2.75) is 45.5 Å². The zero-order chi connectivity index (χ0) is 14.1. The zero-order valence-electron chi connectivity index (χ0n) is 12.3. The monoisotopic (exact) mass is 262 g/mol. The van der Waals surface area contributed by atoms with Crippen LogP contribution in [0.15, 0.2) is 43.0 Å². The van der Waals surface area contributed by atoms with Crippen LogP contribution in [0.3, 0.4) is 0 Å². The van der Waals surface area contributed by atoms with E-state index in [9.17, 15) is 0 Å². The predicted molar refractivity (Wildman–Crippen MR) is 80.1 cm³/mol. The third-order valence-corrected chi connectivity index (χ3v) is 3.54. The van der Waals surface area contributed by atoms with Crippen LogP contribution < -0.4 is 0 Å². The van der Waals surface area contributed by atoms with Crippen molar-refractivity contribution < 1.29 is 9.47 Å². The molecule has 0 fully saturated rings. The van der Waals surface area contributed by atoms with E-state index in [-0.39, 0.29) is 12.2 Å². The summed E-state index contributed by atoms with van der Waals surface area (Å²) < 4.78 is 11.5. The molecule has 0 aliphatic rings. The Morgan fingerprint density at radius 3 is 2.47 bits per heavy atom. The summed E-state index contributed by atoms with van der Waals surface area (Å²) in [6.07, 6.45) is 4.26. The summed E-state index contributed by atoms with van der Waals surface area (Å²) in [6.45, 7) is 8.78. The molecule has 1 aromatic carbocycles. The molecule has 106 valence electrons. The molecule has 0 saturated heterocycles. The van der Waals surface area contributed by atoms with Crippen molar-refractivity contribution in [1.82, 2.24) is 0 Å². The van der Waals surface area contributed by atoms with Crippen LogP contribution in [-0.2, 0) is 16.1 Å². The van der Waals surface area contributed by atoms with Gasteiger partial charge in [0.1, 0.15) is 0 Å². The van der Waals surface area contributed by atoms with Crippen molar-refractivity contribution in [3.05, 3.63) is 48.6 Å². The van der Waals surface area contributed by atoms with Gasteiger partial charge in [-0.15, -0.1) is 6.58 Å². The number of hydrogen-bond donors (Lipinski definition) is 0. The summed E-state index contributed by atoms with van der Waals surface area (Å²) >= 11 is 0. The molecule has 0 saturated carbocycles. The highest BCUT2D eigenvalue weighted by Crippen LogP contribution is 2.18. The fourth-order valence-electron chi connectivity index (χ4n) is 2.08. The molecule has 3 atom stereocenters. The molecule has 0 heterocycles. The summed E-state index contributed by atoms with van der Waals surface area (Å²) in [5.74, 6) is 0.347. The van der Waals surface area contributed by atoms with Gasteiger partial charge in [-0.2, -0.15) is 0 Å². The lowest BCUT2D eigenvalue weighted by Gasteiger charge is -2.25. The van der Waals surface area contributed by atoms with Crippen LogP contribution in [0, 0.1) is 5.92 Å². The van der Waals surface area contributed by atoms with Gasteiger partial charge in [0.05, 0.1) is 18.8 Å². The first-order valence-electron chi connectivity index (χ1n) is 7.02. The Hall–Kier alpha value is -1.12. The minimum Gasteiger partial charge on any atom is -0.381 e. The molecule has 0 aliphatic heterocycles. The van der Waals surface area contributed by atoms with Crippen LogP contribution in [0.25, 0.3) is 0 Å². The Kier molecular flexibility index (Phi) is 7.46. The number of ether oxygens (including phenoxy) is 2. The third kappa shape index (κ3) is 5.58. The topological polar surface area (TPSA) is 18.5 Å². The Balaban J connectivity index is 2.46. The molecule has 19 heavy (non-hydrogen) atoms. The molecule has 0 unspecified atom stereocenters. The van der Waals surface area contributed by atoms with Crippen LogP contribution in [0.5, 0.6) is 0 Å². The Labute approximate surface area is 117 Å². The number of benzene rings is 1. The van der Waals surface area contributed by atoms with E-state index in [0.717, 1.165) is 12.8 Å². The quantitative estimate of drug-likeness (QED) is 0.621. The van der Waals surface area contributed by atoms with E-state index in [4.69, 9.17) is 9.47 Å². The van der Waals surface area contributed by atoms with E-state index in [1.54, 1.807) is 7.11 Å². The zero-order valence-corrected chi connectivity index (χ0v) is 12.3. The van der Waals surface area contributed by atoms with E-state index in [2.05, 4.69) is 32.6 Å². The standard InChI is InChI=1S/C17H26O2/c1-5-14(3)17(18-4)12-16(6-2)19-13-15-10-8-7-9-11-15/h5,7-11,14,16-17H,1,6,12-13H2,2-4H3/t14-,16+,17-/m0/s1. The van der Waals surface area contributed by atoms with Crippen molar-refractivity contribution in [3.63, 3.8) is 0 Å². The van der Waals surface area contributed by atoms with Gasteiger partial charge in [-0.3, -0.25) is 0 Å². The lowest BCUT2D eigenvalue weighted by Crippen LogP contribution is -2.26. The first-order valence-corrected chi connectivity index (χ1v) is 7.02. The molecular formula is C17H26O2. The molecule has 0 aliphatic carbocycles. The minimum absolute atomic E-state index is 0.179. The Bertz CT molecular complexity index is 348. The number of methoxy groups -OCH3 is 1. The second kappa shape index (κ2) is 8.89. The SMILES string of the molecule is C=C[C@H](C)[C@H](C[C@@H](CC)OCc1ccccc1)OC. The van der Waals surface area contributed by atoms with Crippen LogP contribution in [-0.4, -0.2) is 19.3 Å².